The lowest BCUT2D eigenvalue weighted by atomic mass is 10.1. The monoisotopic (exact) mass is 314 g/mol. The molecule has 0 amide bonds. The topological polar surface area (TPSA) is 46.5 Å². The zero-order valence-corrected chi connectivity index (χ0v) is 14.2. The molecule has 0 spiro atoms. The van der Waals surface area contributed by atoms with Crippen LogP contribution in [0.5, 0.6) is 5.75 Å². The molecule has 0 heterocycles. The first-order chi connectivity index (χ1) is 11.1. The second-order valence-corrected chi connectivity index (χ2v) is 5.60. The molecule has 3 heteroatoms. The maximum absolute atomic E-state index is 10.9. The van der Waals surface area contributed by atoms with Crippen molar-refractivity contribution in [2.45, 2.75) is 27.2 Å². The molecule has 0 radical (unpaired) electrons. The van der Waals surface area contributed by atoms with E-state index in [4.69, 9.17) is 9.84 Å². The van der Waals surface area contributed by atoms with Crippen LogP contribution in [0.2, 0.25) is 0 Å². The van der Waals surface area contributed by atoms with Crippen LogP contribution in [0, 0.1) is 12.8 Å². The number of carbonyl (C=O) groups excluding carboxylic acids is 1. The van der Waals surface area contributed by atoms with Crippen molar-refractivity contribution in [3.05, 3.63) is 65.2 Å². The minimum atomic E-state index is 0.0744. The maximum atomic E-state index is 10.9. The Morgan fingerprint density at radius 2 is 1.87 bits per heavy atom. The lowest BCUT2D eigenvalue weighted by molar-refractivity contribution is 0.111. The third kappa shape index (κ3) is 7.11. The van der Waals surface area contributed by atoms with Gasteiger partial charge in [-0.25, -0.2) is 0 Å². The Balaban J connectivity index is 0.000000313. The molecule has 0 fully saturated rings. The van der Waals surface area contributed by atoms with Crippen molar-refractivity contribution in [1.29, 1.82) is 0 Å². The Morgan fingerprint density at radius 1 is 1.17 bits per heavy atom. The molecule has 2 aromatic carbocycles. The quantitative estimate of drug-likeness (QED) is 0.818. The molecular formula is C20H26O3. The van der Waals surface area contributed by atoms with Crippen LogP contribution in [-0.4, -0.2) is 24.6 Å². The summed E-state index contributed by atoms with van der Waals surface area (Å²) in [6, 6.07) is 15.9. The summed E-state index contributed by atoms with van der Waals surface area (Å²) >= 11 is 0. The maximum Gasteiger partial charge on any atom is 0.153 e. The molecule has 0 aliphatic heterocycles. The van der Waals surface area contributed by atoms with Crippen LogP contribution < -0.4 is 4.74 Å². The van der Waals surface area contributed by atoms with E-state index < -0.39 is 0 Å². The van der Waals surface area contributed by atoms with Gasteiger partial charge in [-0.3, -0.25) is 4.79 Å². The third-order valence-corrected chi connectivity index (χ3v) is 3.38. The first-order valence-electron chi connectivity index (χ1n) is 7.94. The van der Waals surface area contributed by atoms with E-state index in [1.165, 1.54) is 5.56 Å². The molecule has 0 aromatic heterocycles. The smallest absolute Gasteiger partial charge is 0.153 e. The number of carbonyl (C=O) groups is 1. The fraction of sp³-hybridized carbons (Fsp3) is 0.350. The average Bonchev–Trinajstić information content (AvgIpc) is 2.60. The lowest BCUT2D eigenvalue weighted by Gasteiger charge is -2.12. The zero-order chi connectivity index (χ0) is 17.1. The van der Waals surface area contributed by atoms with Gasteiger partial charge in [0.05, 0.1) is 12.2 Å². The minimum Gasteiger partial charge on any atom is -0.492 e. The van der Waals surface area contributed by atoms with E-state index in [1.807, 2.05) is 50.2 Å². The van der Waals surface area contributed by atoms with Gasteiger partial charge in [0.15, 0.2) is 6.29 Å². The van der Waals surface area contributed by atoms with Gasteiger partial charge >= 0.3 is 0 Å². The molecule has 0 saturated carbocycles. The van der Waals surface area contributed by atoms with Gasteiger partial charge in [0.25, 0.3) is 0 Å². The van der Waals surface area contributed by atoms with Crippen LogP contribution in [0.25, 0.3) is 0 Å². The molecule has 124 valence electrons. The Labute approximate surface area is 138 Å². The van der Waals surface area contributed by atoms with Crippen molar-refractivity contribution in [2.75, 3.05) is 13.2 Å². The number of rotatable bonds is 6. The first-order valence-corrected chi connectivity index (χ1v) is 7.94. The van der Waals surface area contributed by atoms with Crippen LogP contribution in [0.3, 0.4) is 0 Å². The number of hydrogen-bond acceptors (Lipinski definition) is 3. The molecule has 1 atom stereocenters. The fourth-order valence-corrected chi connectivity index (χ4v) is 1.86. The molecule has 0 bridgehead atoms. The van der Waals surface area contributed by atoms with Gasteiger partial charge < -0.3 is 9.84 Å². The number of aryl methyl sites for hydroxylation is 2. The highest BCUT2D eigenvalue weighted by atomic mass is 16.5. The number of aliphatic hydroxyl groups excluding tert-OH is 1. The summed E-state index contributed by atoms with van der Waals surface area (Å²) in [5.74, 6) is 0.665. The van der Waals surface area contributed by atoms with Crippen molar-refractivity contribution in [3.63, 3.8) is 0 Å². The van der Waals surface area contributed by atoms with E-state index in [9.17, 15) is 4.79 Å². The summed E-state index contributed by atoms with van der Waals surface area (Å²) in [5.41, 5.74) is 3.01. The minimum absolute atomic E-state index is 0.0744. The summed E-state index contributed by atoms with van der Waals surface area (Å²) in [4.78, 5) is 10.9. The summed E-state index contributed by atoms with van der Waals surface area (Å²) in [7, 11) is 0. The molecule has 23 heavy (non-hydrogen) atoms. The van der Waals surface area contributed by atoms with E-state index in [0.29, 0.717) is 17.9 Å². The molecule has 1 N–H and O–H groups in total. The number of hydrogen-bond donors (Lipinski definition) is 1. The molecule has 0 aliphatic rings. The molecule has 1 unspecified atom stereocenters. The second kappa shape index (κ2) is 10.6. The Bertz CT molecular complexity index is 579. The normalized spacial score (nSPS) is 11.1. The van der Waals surface area contributed by atoms with E-state index in [-0.39, 0.29) is 12.5 Å². The van der Waals surface area contributed by atoms with E-state index in [1.54, 1.807) is 0 Å². The van der Waals surface area contributed by atoms with Crippen molar-refractivity contribution >= 4 is 6.29 Å². The van der Waals surface area contributed by atoms with E-state index in [2.05, 4.69) is 19.1 Å². The predicted molar refractivity (Wildman–Crippen MR) is 94.1 cm³/mol. The molecule has 3 nitrogen and oxygen atoms in total. The number of aldehydes is 1. The SMILES string of the molecule is CCc1ccc(OCC(C)CO)c(C=O)c1.Cc1ccccc1. The molecule has 0 aliphatic carbocycles. The highest BCUT2D eigenvalue weighted by molar-refractivity contribution is 5.79. The van der Waals surface area contributed by atoms with Gasteiger partial charge in [0, 0.05) is 12.5 Å². The van der Waals surface area contributed by atoms with Crippen LogP contribution in [0.4, 0.5) is 0 Å². The standard InChI is InChI=1S/C13H18O3.C7H8/c1-3-11-4-5-13(12(6-11)8-15)16-9-10(2)7-14;1-7-5-3-2-4-6-7/h4-6,8,10,14H,3,7,9H2,1-2H3;2-6H,1H3. The first kappa shape index (κ1) is 18.9. The Hall–Kier alpha value is -2.13. The predicted octanol–water partition coefficient (Wildman–Crippen LogP) is 4.06. The van der Waals surface area contributed by atoms with E-state index >= 15 is 0 Å². The van der Waals surface area contributed by atoms with Gasteiger partial charge in [-0.05, 0) is 31.0 Å². The number of ether oxygens (including phenoxy) is 1. The van der Waals surface area contributed by atoms with Gasteiger partial charge in [0.1, 0.15) is 5.75 Å². The van der Waals surface area contributed by atoms with E-state index in [0.717, 1.165) is 18.3 Å². The largest absolute Gasteiger partial charge is 0.492 e. The summed E-state index contributed by atoms with van der Waals surface area (Å²) in [5, 5.41) is 8.87. The van der Waals surface area contributed by atoms with Crippen molar-refractivity contribution in [2.24, 2.45) is 5.92 Å². The molecule has 0 saturated heterocycles. The zero-order valence-electron chi connectivity index (χ0n) is 14.2. The van der Waals surface area contributed by atoms with Crippen LogP contribution in [0.1, 0.15) is 35.3 Å². The fourth-order valence-electron chi connectivity index (χ4n) is 1.86. The second-order valence-electron chi connectivity index (χ2n) is 5.60. The van der Waals surface area contributed by atoms with Gasteiger partial charge in [0.2, 0.25) is 0 Å². The lowest BCUT2D eigenvalue weighted by Crippen LogP contribution is -2.12. The summed E-state index contributed by atoms with van der Waals surface area (Å²) in [6.45, 7) is 6.52. The van der Waals surface area contributed by atoms with Crippen LogP contribution >= 0.6 is 0 Å². The van der Waals surface area contributed by atoms with Crippen molar-refractivity contribution < 1.29 is 14.6 Å². The molecule has 2 aromatic rings. The summed E-state index contributed by atoms with van der Waals surface area (Å²) in [6.07, 6.45) is 1.70. The van der Waals surface area contributed by atoms with Crippen molar-refractivity contribution in [1.82, 2.24) is 0 Å². The Kier molecular flexibility index (Phi) is 8.70. The Morgan fingerprint density at radius 3 is 2.35 bits per heavy atom. The molecule has 2 rings (SSSR count). The number of benzene rings is 2. The van der Waals surface area contributed by atoms with Crippen molar-refractivity contribution in [3.8, 4) is 5.75 Å². The van der Waals surface area contributed by atoms with Gasteiger partial charge in [-0.15, -0.1) is 0 Å². The molecular weight excluding hydrogens is 288 g/mol. The average molecular weight is 314 g/mol. The van der Waals surface area contributed by atoms with Crippen LogP contribution in [-0.2, 0) is 6.42 Å². The van der Waals surface area contributed by atoms with Crippen LogP contribution in [0.15, 0.2) is 48.5 Å². The number of aliphatic hydroxyl groups is 1. The summed E-state index contributed by atoms with van der Waals surface area (Å²) < 4.78 is 5.49. The van der Waals surface area contributed by atoms with Gasteiger partial charge in [-0.2, -0.15) is 0 Å². The van der Waals surface area contributed by atoms with Gasteiger partial charge in [-0.1, -0.05) is 55.8 Å². The highest BCUT2D eigenvalue weighted by Gasteiger charge is 2.06. The third-order valence-electron chi connectivity index (χ3n) is 3.38. The highest BCUT2D eigenvalue weighted by Crippen LogP contribution is 2.19.